The Labute approximate surface area is 144 Å². The van der Waals surface area contributed by atoms with Crippen molar-refractivity contribution in [1.29, 1.82) is 0 Å². The molecule has 1 heterocycles. The molecule has 24 heavy (non-hydrogen) atoms. The van der Waals surface area contributed by atoms with Crippen LogP contribution in [0.4, 0.5) is 3.89 Å². The van der Waals surface area contributed by atoms with E-state index in [0.717, 1.165) is 21.8 Å². The third-order valence-electron chi connectivity index (χ3n) is 3.82. The number of para-hydroxylation sites is 1. The Morgan fingerprint density at radius 3 is 2.79 bits per heavy atom. The van der Waals surface area contributed by atoms with Crippen molar-refractivity contribution in [2.45, 2.75) is 30.9 Å². The molecule has 0 aliphatic carbocycles. The number of benzene rings is 2. The molecule has 4 nitrogen and oxygen atoms in total. The highest BCUT2D eigenvalue weighted by molar-refractivity contribution is 7.94. The van der Waals surface area contributed by atoms with E-state index in [9.17, 15) is 8.99 Å². The molecule has 1 aromatic heterocycles. The molecular weight excluding hydrogens is 327 g/mol. The van der Waals surface area contributed by atoms with Gasteiger partial charge in [0.15, 0.2) is 0 Å². The zero-order valence-corrected chi connectivity index (χ0v) is 14.5. The topological polar surface area (TPSA) is 57.3 Å². The van der Waals surface area contributed by atoms with Crippen LogP contribution in [0.15, 0.2) is 41.3 Å². The molecule has 1 atom stereocenters. The van der Waals surface area contributed by atoms with Crippen LogP contribution in [0, 0.1) is 0 Å². The van der Waals surface area contributed by atoms with Crippen LogP contribution >= 0.6 is 12.1 Å². The molecule has 1 unspecified atom stereocenters. The fourth-order valence-corrected chi connectivity index (χ4v) is 3.01. The summed E-state index contributed by atoms with van der Waals surface area (Å²) in [7, 11) is 0. The van der Waals surface area contributed by atoms with Gasteiger partial charge in [-0.2, -0.15) is 3.89 Å². The van der Waals surface area contributed by atoms with Gasteiger partial charge < -0.3 is 20.1 Å². The molecular formula is C18H21FN2O2S. The quantitative estimate of drug-likeness (QED) is 0.603. The number of aromatic amines is 1. The normalized spacial score (nSPS) is 13.0. The van der Waals surface area contributed by atoms with Crippen LogP contribution in [0.25, 0.3) is 21.8 Å². The van der Waals surface area contributed by atoms with Crippen molar-refractivity contribution in [3.63, 3.8) is 0 Å². The third kappa shape index (κ3) is 3.66. The molecule has 0 bridgehead atoms. The Morgan fingerprint density at radius 2 is 2.04 bits per heavy atom. The maximum Gasteiger partial charge on any atom is 0.130 e. The lowest BCUT2D eigenvalue weighted by molar-refractivity contribution is 0.105. The second-order valence-electron chi connectivity index (χ2n) is 6.12. The Morgan fingerprint density at radius 1 is 1.25 bits per heavy atom. The number of rotatable bonds is 7. The van der Waals surface area contributed by atoms with E-state index in [2.05, 4.69) is 10.3 Å². The van der Waals surface area contributed by atoms with E-state index in [4.69, 9.17) is 4.74 Å². The molecule has 3 N–H and O–H groups in total. The Bertz CT molecular complexity index is 834. The number of halogens is 1. The molecule has 128 valence electrons. The number of aliphatic hydroxyl groups excluding tert-OH is 1. The molecule has 0 saturated heterocycles. The first-order valence-electron chi connectivity index (χ1n) is 7.95. The van der Waals surface area contributed by atoms with Crippen molar-refractivity contribution in [3.05, 3.63) is 36.4 Å². The van der Waals surface area contributed by atoms with Crippen LogP contribution in [0.1, 0.15) is 13.8 Å². The van der Waals surface area contributed by atoms with Crippen LogP contribution in [0.3, 0.4) is 0 Å². The van der Waals surface area contributed by atoms with Crippen molar-refractivity contribution in [2.75, 3.05) is 13.2 Å². The average molecular weight is 348 g/mol. The van der Waals surface area contributed by atoms with Gasteiger partial charge in [-0.25, -0.2) is 0 Å². The van der Waals surface area contributed by atoms with Gasteiger partial charge in [-0.05, 0) is 18.2 Å². The number of hydrogen-bond acceptors (Lipinski definition) is 4. The zero-order chi connectivity index (χ0) is 17.1. The van der Waals surface area contributed by atoms with E-state index in [0.29, 0.717) is 23.2 Å². The number of fused-ring (bicyclic) bond motifs is 3. The maximum atomic E-state index is 13.1. The van der Waals surface area contributed by atoms with Gasteiger partial charge in [-0.3, -0.25) is 0 Å². The minimum atomic E-state index is -0.630. The van der Waals surface area contributed by atoms with Crippen molar-refractivity contribution >= 4 is 34.0 Å². The lowest BCUT2D eigenvalue weighted by atomic mass is 10.1. The summed E-state index contributed by atoms with van der Waals surface area (Å²) in [6.45, 7) is 4.64. The first kappa shape index (κ1) is 17.1. The highest BCUT2D eigenvalue weighted by Crippen LogP contribution is 2.37. The van der Waals surface area contributed by atoms with Gasteiger partial charge in [-0.1, -0.05) is 32.0 Å². The highest BCUT2D eigenvalue weighted by Gasteiger charge is 2.14. The fraction of sp³-hybridized carbons (Fsp3) is 0.333. The van der Waals surface area contributed by atoms with E-state index in [1.54, 1.807) is 12.1 Å². The predicted octanol–water partition coefficient (Wildman–Crippen LogP) is 4.04. The Hall–Kier alpha value is -1.76. The lowest BCUT2D eigenvalue weighted by Crippen LogP contribution is -2.35. The highest BCUT2D eigenvalue weighted by atomic mass is 32.2. The van der Waals surface area contributed by atoms with Crippen molar-refractivity contribution < 1.29 is 13.7 Å². The minimum absolute atomic E-state index is 0.148. The Balaban J connectivity index is 1.90. The van der Waals surface area contributed by atoms with Gasteiger partial charge in [0, 0.05) is 33.8 Å². The van der Waals surface area contributed by atoms with Crippen molar-refractivity contribution in [3.8, 4) is 5.75 Å². The summed E-state index contributed by atoms with van der Waals surface area (Å²) >= 11 is 0.181. The Kier molecular flexibility index (Phi) is 5.28. The number of aliphatic hydroxyl groups is 1. The van der Waals surface area contributed by atoms with Gasteiger partial charge in [0.2, 0.25) is 0 Å². The van der Waals surface area contributed by atoms with E-state index < -0.39 is 6.10 Å². The van der Waals surface area contributed by atoms with E-state index in [-0.39, 0.29) is 18.8 Å². The number of H-pyrrole nitrogens is 1. The number of nitrogens with one attached hydrogen (secondary N) is 2. The minimum Gasteiger partial charge on any atom is -0.490 e. The maximum absolute atomic E-state index is 13.1. The van der Waals surface area contributed by atoms with E-state index in [1.807, 2.05) is 38.1 Å². The van der Waals surface area contributed by atoms with Crippen LogP contribution < -0.4 is 10.1 Å². The summed E-state index contributed by atoms with van der Waals surface area (Å²) in [5.74, 6) is 0.577. The number of hydrogen-bond donors (Lipinski definition) is 3. The van der Waals surface area contributed by atoms with Crippen molar-refractivity contribution in [2.24, 2.45) is 0 Å². The fourth-order valence-electron chi connectivity index (χ4n) is 2.70. The molecule has 2 aromatic carbocycles. The van der Waals surface area contributed by atoms with Gasteiger partial charge in [0.05, 0.1) is 17.7 Å². The number of aromatic nitrogens is 1. The third-order valence-corrected chi connectivity index (χ3v) is 4.24. The summed E-state index contributed by atoms with van der Waals surface area (Å²) in [5.41, 5.74) is 1.80. The molecule has 0 amide bonds. The molecule has 0 saturated carbocycles. The zero-order valence-electron chi connectivity index (χ0n) is 13.7. The van der Waals surface area contributed by atoms with Crippen molar-refractivity contribution in [1.82, 2.24) is 10.3 Å². The summed E-state index contributed by atoms with van der Waals surface area (Å²) in [6.07, 6.45) is -0.630. The van der Waals surface area contributed by atoms with E-state index in [1.165, 1.54) is 0 Å². The van der Waals surface area contributed by atoms with Gasteiger partial charge in [0.25, 0.3) is 0 Å². The smallest absolute Gasteiger partial charge is 0.130 e. The molecule has 3 rings (SSSR count). The molecule has 0 radical (unpaired) electrons. The summed E-state index contributed by atoms with van der Waals surface area (Å²) in [6, 6.07) is 11.6. The standard InChI is InChI=1S/C18H21FN2O2S/c1-11(2)20-9-12(22)10-23-17-8-13(24-19)7-16-18(17)14-5-3-4-6-15(14)21-16/h3-8,11-12,20-22H,9-10H2,1-2H3. The largest absolute Gasteiger partial charge is 0.490 e. The molecule has 0 aliphatic rings. The lowest BCUT2D eigenvalue weighted by Gasteiger charge is -2.16. The summed E-state index contributed by atoms with van der Waals surface area (Å²) in [4.78, 5) is 3.76. The molecule has 0 fully saturated rings. The monoisotopic (exact) mass is 348 g/mol. The average Bonchev–Trinajstić information content (AvgIpc) is 2.96. The van der Waals surface area contributed by atoms with Gasteiger partial charge >= 0.3 is 0 Å². The SMILES string of the molecule is CC(C)NCC(O)COc1cc(SF)cc2[nH]c3ccccc3c12. The number of ether oxygens (including phenoxy) is 1. The molecule has 6 heteroatoms. The van der Waals surface area contributed by atoms with Crippen LogP contribution in [-0.4, -0.2) is 35.4 Å². The van der Waals surface area contributed by atoms with Crippen LogP contribution in [-0.2, 0) is 0 Å². The first-order chi connectivity index (χ1) is 11.6. The van der Waals surface area contributed by atoms with Gasteiger partial charge in [-0.15, -0.1) is 0 Å². The van der Waals surface area contributed by atoms with Crippen LogP contribution in [0.5, 0.6) is 5.75 Å². The first-order valence-corrected chi connectivity index (χ1v) is 8.67. The van der Waals surface area contributed by atoms with Gasteiger partial charge in [0.1, 0.15) is 18.5 Å². The molecule has 3 aromatic rings. The molecule has 0 spiro atoms. The van der Waals surface area contributed by atoms with E-state index >= 15 is 0 Å². The predicted molar refractivity (Wildman–Crippen MR) is 97.4 cm³/mol. The summed E-state index contributed by atoms with van der Waals surface area (Å²) in [5, 5.41) is 15.1. The second kappa shape index (κ2) is 7.42. The summed E-state index contributed by atoms with van der Waals surface area (Å²) < 4.78 is 18.9. The second-order valence-corrected chi connectivity index (χ2v) is 6.75. The van der Waals surface area contributed by atoms with Crippen LogP contribution in [0.2, 0.25) is 0 Å². The molecule has 0 aliphatic heterocycles.